The number of rotatable bonds is 6. The lowest BCUT2D eigenvalue weighted by Crippen LogP contribution is -2.59. The molecular weight excluding hydrogens is 208 g/mol. The molecule has 0 radical (unpaired) electrons. The number of hydrogen-bond acceptors (Lipinski definition) is 7. The van der Waals surface area contributed by atoms with Crippen molar-refractivity contribution in [2.75, 3.05) is 6.61 Å². The molecule has 5 N–H and O–H groups in total. The Labute approximate surface area is 85.6 Å². The minimum atomic E-state index is -2.59. The fraction of sp³-hybridized carbons (Fsp3) is 0.750. The van der Waals surface area contributed by atoms with Gasteiger partial charge in [-0.25, -0.2) is 0 Å². The summed E-state index contributed by atoms with van der Waals surface area (Å²) in [6, 6.07) is 0. The Morgan fingerprint density at radius 3 is 2.13 bits per heavy atom. The zero-order chi connectivity index (χ0) is 12.2. The SMILES string of the molecule is CC(=O)[C@@](O)(CO)[C@@H](O)[C@H](O)[C@@H](O)C=O. The lowest BCUT2D eigenvalue weighted by atomic mass is 9.88. The third-order valence-corrected chi connectivity index (χ3v) is 2.15. The molecule has 0 saturated heterocycles. The summed E-state index contributed by atoms with van der Waals surface area (Å²) in [7, 11) is 0. The summed E-state index contributed by atoms with van der Waals surface area (Å²) in [5.74, 6) is -0.991. The fourth-order valence-electron chi connectivity index (χ4n) is 0.963. The first-order chi connectivity index (χ1) is 6.81. The van der Waals surface area contributed by atoms with Crippen molar-refractivity contribution in [3.63, 3.8) is 0 Å². The molecule has 88 valence electrons. The van der Waals surface area contributed by atoms with Gasteiger partial charge >= 0.3 is 0 Å². The standard InChI is InChI=1S/C8H14O7/c1-4(11)8(15,3-10)7(14)6(13)5(12)2-9/h2,5-7,10,12-15H,3H2,1H3/t5-,6+,7-,8-/m0/s1. The van der Waals surface area contributed by atoms with Crippen LogP contribution in [0.2, 0.25) is 0 Å². The molecule has 0 aromatic rings. The summed E-state index contributed by atoms with van der Waals surface area (Å²) < 4.78 is 0. The topological polar surface area (TPSA) is 135 Å². The lowest BCUT2D eigenvalue weighted by Gasteiger charge is -2.32. The van der Waals surface area contributed by atoms with Crippen LogP contribution in [-0.2, 0) is 9.59 Å². The van der Waals surface area contributed by atoms with E-state index in [9.17, 15) is 19.8 Å². The number of carbonyl (C=O) groups is 2. The van der Waals surface area contributed by atoms with Crippen molar-refractivity contribution >= 4 is 12.1 Å². The number of aliphatic hydroxyl groups is 5. The number of carbonyl (C=O) groups excluding carboxylic acids is 2. The van der Waals surface area contributed by atoms with Gasteiger partial charge < -0.3 is 30.3 Å². The van der Waals surface area contributed by atoms with Crippen LogP contribution in [-0.4, -0.2) is 68.1 Å². The summed E-state index contributed by atoms with van der Waals surface area (Å²) in [6.45, 7) is -0.244. The van der Waals surface area contributed by atoms with E-state index < -0.39 is 36.3 Å². The maximum Gasteiger partial charge on any atom is 0.174 e. The molecule has 0 saturated carbocycles. The largest absolute Gasteiger partial charge is 0.393 e. The molecule has 0 heterocycles. The molecule has 0 fully saturated rings. The van der Waals surface area contributed by atoms with Crippen molar-refractivity contribution in [2.45, 2.75) is 30.8 Å². The predicted octanol–water partition coefficient (Wildman–Crippen LogP) is -3.42. The normalized spacial score (nSPS) is 21.2. The molecular formula is C8H14O7. The Morgan fingerprint density at radius 1 is 1.40 bits per heavy atom. The van der Waals surface area contributed by atoms with Crippen LogP contribution >= 0.6 is 0 Å². The van der Waals surface area contributed by atoms with E-state index in [4.69, 9.17) is 15.3 Å². The molecule has 7 nitrogen and oxygen atoms in total. The quantitative estimate of drug-likeness (QED) is 0.295. The van der Waals surface area contributed by atoms with Gasteiger partial charge in [0.15, 0.2) is 17.7 Å². The van der Waals surface area contributed by atoms with Gasteiger partial charge in [0.2, 0.25) is 0 Å². The van der Waals surface area contributed by atoms with Gasteiger partial charge in [-0.15, -0.1) is 0 Å². The summed E-state index contributed by atoms with van der Waals surface area (Å²) in [5, 5.41) is 45.5. The van der Waals surface area contributed by atoms with E-state index in [1.165, 1.54) is 0 Å². The Morgan fingerprint density at radius 2 is 1.87 bits per heavy atom. The van der Waals surface area contributed by atoms with Gasteiger partial charge in [0.1, 0.15) is 18.3 Å². The van der Waals surface area contributed by atoms with Crippen molar-refractivity contribution in [3.05, 3.63) is 0 Å². The molecule has 7 heteroatoms. The molecule has 4 atom stereocenters. The highest BCUT2D eigenvalue weighted by Gasteiger charge is 2.45. The van der Waals surface area contributed by atoms with E-state index in [1.807, 2.05) is 0 Å². The highest BCUT2D eigenvalue weighted by atomic mass is 16.4. The van der Waals surface area contributed by atoms with Crippen LogP contribution in [0.15, 0.2) is 0 Å². The van der Waals surface area contributed by atoms with Gasteiger partial charge in [0.05, 0.1) is 6.61 Å². The number of ketones is 1. The second-order valence-electron chi connectivity index (χ2n) is 3.20. The van der Waals surface area contributed by atoms with Crippen LogP contribution in [0.4, 0.5) is 0 Å². The molecule has 0 aromatic heterocycles. The van der Waals surface area contributed by atoms with Crippen LogP contribution in [0.1, 0.15) is 6.92 Å². The number of aldehydes is 1. The van der Waals surface area contributed by atoms with Gasteiger partial charge in [0, 0.05) is 0 Å². The van der Waals surface area contributed by atoms with Crippen LogP contribution in [0, 0.1) is 0 Å². The second kappa shape index (κ2) is 5.29. The van der Waals surface area contributed by atoms with Crippen molar-refractivity contribution in [3.8, 4) is 0 Å². The Bertz CT molecular complexity index is 241. The fourth-order valence-corrected chi connectivity index (χ4v) is 0.963. The lowest BCUT2D eigenvalue weighted by molar-refractivity contribution is -0.179. The maximum atomic E-state index is 10.9. The van der Waals surface area contributed by atoms with Crippen molar-refractivity contribution in [1.82, 2.24) is 0 Å². The molecule has 0 amide bonds. The van der Waals surface area contributed by atoms with E-state index in [-0.39, 0.29) is 6.29 Å². The predicted molar refractivity (Wildman–Crippen MR) is 46.8 cm³/mol. The van der Waals surface area contributed by atoms with Gasteiger partial charge in [-0.3, -0.25) is 4.79 Å². The van der Waals surface area contributed by atoms with Gasteiger partial charge in [0.25, 0.3) is 0 Å². The monoisotopic (exact) mass is 222 g/mol. The van der Waals surface area contributed by atoms with E-state index in [0.717, 1.165) is 6.92 Å². The van der Waals surface area contributed by atoms with Crippen LogP contribution in [0.25, 0.3) is 0 Å². The number of hydrogen-bond donors (Lipinski definition) is 5. The Kier molecular flexibility index (Phi) is 4.98. The van der Waals surface area contributed by atoms with Crippen molar-refractivity contribution < 1.29 is 35.1 Å². The molecule has 0 aliphatic rings. The average Bonchev–Trinajstić information content (AvgIpc) is 2.24. The third kappa shape index (κ3) is 2.80. The third-order valence-electron chi connectivity index (χ3n) is 2.15. The molecule has 15 heavy (non-hydrogen) atoms. The van der Waals surface area contributed by atoms with E-state index >= 15 is 0 Å². The minimum Gasteiger partial charge on any atom is -0.393 e. The van der Waals surface area contributed by atoms with Crippen LogP contribution in [0.5, 0.6) is 0 Å². The van der Waals surface area contributed by atoms with Gasteiger partial charge in [-0.2, -0.15) is 0 Å². The molecule has 0 aromatic carbocycles. The molecule has 0 spiro atoms. The second-order valence-corrected chi connectivity index (χ2v) is 3.20. The zero-order valence-electron chi connectivity index (χ0n) is 8.07. The summed E-state index contributed by atoms with van der Waals surface area (Å²) in [5.41, 5.74) is -2.59. The first kappa shape index (κ1) is 14.1. The highest BCUT2D eigenvalue weighted by Crippen LogP contribution is 2.16. The van der Waals surface area contributed by atoms with Gasteiger partial charge in [-0.1, -0.05) is 0 Å². The summed E-state index contributed by atoms with van der Waals surface area (Å²) in [4.78, 5) is 21.0. The van der Waals surface area contributed by atoms with Gasteiger partial charge in [-0.05, 0) is 6.92 Å². The highest BCUT2D eigenvalue weighted by molar-refractivity contribution is 5.85. The molecule has 0 bridgehead atoms. The molecule has 0 aliphatic heterocycles. The minimum absolute atomic E-state index is 0.0637. The number of aliphatic hydroxyl groups excluding tert-OH is 4. The van der Waals surface area contributed by atoms with Crippen LogP contribution < -0.4 is 0 Å². The zero-order valence-corrected chi connectivity index (χ0v) is 8.07. The summed E-state index contributed by atoms with van der Waals surface area (Å²) in [6.07, 6.45) is -6.22. The van der Waals surface area contributed by atoms with Crippen LogP contribution in [0.3, 0.4) is 0 Å². The summed E-state index contributed by atoms with van der Waals surface area (Å²) >= 11 is 0. The van der Waals surface area contributed by atoms with Crippen molar-refractivity contribution in [1.29, 1.82) is 0 Å². The van der Waals surface area contributed by atoms with E-state index in [1.54, 1.807) is 0 Å². The smallest absolute Gasteiger partial charge is 0.174 e. The number of Topliss-reactive ketones (excluding diaryl/α,β-unsaturated/α-hetero) is 1. The molecule has 0 aliphatic carbocycles. The first-order valence-corrected chi connectivity index (χ1v) is 4.15. The van der Waals surface area contributed by atoms with Crippen molar-refractivity contribution in [2.24, 2.45) is 0 Å². The van der Waals surface area contributed by atoms with E-state index in [2.05, 4.69) is 0 Å². The first-order valence-electron chi connectivity index (χ1n) is 4.15. The molecule has 0 rings (SSSR count). The Hall–Kier alpha value is -0.860. The molecule has 0 unspecified atom stereocenters. The van der Waals surface area contributed by atoms with E-state index in [0.29, 0.717) is 0 Å². The average molecular weight is 222 g/mol. The maximum absolute atomic E-state index is 10.9. The Balaban J connectivity index is 4.87.